The van der Waals surface area contributed by atoms with Crippen LogP contribution in [0.5, 0.6) is 5.75 Å². The molecule has 1 aromatic heterocycles. The van der Waals surface area contributed by atoms with Crippen molar-refractivity contribution in [1.29, 1.82) is 0 Å². The van der Waals surface area contributed by atoms with Gasteiger partial charge < -0.3 is 20.3 Å². The van der Waals surface area contributed by atoms with Gasteiger partial charge in [0.25, 0.3) is 11.5 Å². The van der Waals surface area contributed by atoms with Crippen LogP contribution in [-0.2, 0) is 6.54 Å². The normalized spacial score (nSPS) is 15.3. The molecule has 1 aliphatic rings. The van der Waals surface area contributed by atoms with Crippen molar-refractivity contribution < 1.29 is 9.90 Å². The Morgan fingerprint density at radius 1 is 1.23 bits per heavy atom. The SMILES string of the molecule is CCCn1c(=O)c(C(=O)NCCN2CCNCC2)c(O)c2ccccc21. The highest BCUT2D eigenvalue weighted by Crippen LogP contribution is 2.26. The quantitative estimate of drug-likeness (QED) is 0.710. The molecular weight excluding hydrogens is 332 g/mol. The molecule has 2 heterocycles. The minimum atomic E-state index is -0.516. The van der Waals surface area contributed by atoms with Gasteiger partial charge in [0.1, 0.15) is 11.3 Å². The second kappa shape index (κ2) is 8.33. The van der Waals surface area contributed by atoms with Gasteiger partial charge >= 0.3 is 0 Å². The van der Waals surface area contributed by atoms with E-state index in [2.05, 4.69) is 15.5 Å². The predicted octanol–water partition coefficient (Wildman–Crippen LogP) is 0.752. The molecule has 1 fully saturated rings. The first-order chi connectivity index (χ1) is 12.6. The van der Waals surface area contributed by atoms with Crippen molar-refractivity contribution in [3.05, 3.63) is 40.2 Å². The summed E-state index contributed by atoms with van der Waals surface area (Å²) < 4.78 is 1.57. The number of aryl methyl sites for hydroxylation is 1. The number of nitrogens with zero attached hydrogens (tertiary/aromatic N) is 2. The Morgan fingerprint density at radius 3 is 2.69 bits per heavy atom. The number of fused-ring (bicyclic) bond motifs is 1. The molecule has 7 nitrogen and oxygen atoms in total. The third-order valence-corrected chi connectivity index (χ3v) is 4.74. The van der Waals surface area contributed by atoms with E-state index in [1.165, 1.54) is 0 Å². The van der Waals surface area contributed by atoms with Gasteiger partial charge in [-0.15, -0.1) is 0 Å². The number of piperazine rings is 1. The summed E-state index contributed by atoms with van der Waals surface area (Å²) in [5.41, 5.74) is 0.0365. The van der Waals surface area contributed by atoms with Gasteiger partial charge in [-0.05, 0) is 18.6 Å². The van der Waals surface area contributed by atoms with Crippen molar-refractivity contribution >= 4 is 16.8 Å². The summed E-state index contributed by atoms with van der Waals surface area (Å²) in [6.45, 7) is 7.42. The molecular formula is C19H26N4O3. The molecule has 3 rings (SSSR count). The predicted molar refractivity (Wildman–Crippen MR) is 102 cm³/mol. The molecule has 1 amide bonds. The molecule has 1 saturated heterocycles. The Hall–Kier alpha value is -2.38. The number of carbonyl (C=O) groups is 1. The number of pyridine rings is 1. The average molecular weight is 358 g/mol. The lowest BCUT2D eigenvalue weighted by molar-refractivity contribution is 0.0942. The molecule has 1 aromatic carbocycles. The molecule has 0 unspecified atom stereocenters. The summed E-state index contributed by atoms with van der Waals surface area (Å²) in [6, 6.07) is 7.13. The summed E-state index contributed by atoms with van der Waals surface area (Å²) >= 11 is 0. The van der Waals surface area contributed by atoms with Crippen LogP contribution in [0.1, 0.15) is 23.7 Å². The number of rotatable bonds is 6. The summed E-state index contributed by atoms with van der Waals surface area (Å²) in [4.78, 5) is 27.7. The first kappa shape index (κ1) is 18.4. The van der Waals surface area contributed by atoms with Crippen LogP contribution >= 0.6 is 0 Å². The van der Waals surface area contributed by atoms with Crippen LogP contribution in [0.15, 0.2) is 29.1 Å². The monoisotopic (exact) mass is 358 g/mol. The van der Waals surface area contributed by atoms with Gasteiger partial charge in [0.05, 0.1) is 5.52 Å². The first-order valence-corrected chi connectivity index (χ1v) is 9.19. The van der Waals surface area contributed by atoms with Crippen molar-refractivity contribution in [1.82, 2.24) is 20.1 Å². The number of hydrogen-bond donors (Lipinski definition) is 3. The molecule has 0 spiro atoms. The van der Waals surface area contributed by atoms with Gasteiger partial charge in [-0.1, -0.05) is 19.1 Å². The minimum absolute atomic E-state index is 0.169. The van der Waals surface area contributed by atoms with Crippen molar-refractivity contribution in [3.63, 3.8) is 0 Å². The van der Waals surface area contributed by atoms with E-state index in [1.807, 2.05) is 13.0 Å². The zero-order valence-electron chi connectivity index (χ0n) is 15.1. The first-order valence-electron chi connectivity index (χ1n) is 9.19. The van der Waals surface area contributed by atoms with Gasteiger partial charge in [0.2, 0.25) is 0 Å². The van der Waals surface area contributed by atoms with E-state index < -0.39 is 11.5 Å². The topological polar surface area (TPSA) is 86.6 Å². The summed E-state index contributed by atoms with van der Waals surface area (Å²) in [7, 11) is 0. The van der Waals surface area contributed by atoms with Gasteiger partial charge in [0.15, 0.2) is 0 Å². The highest BCUT2D eigenvalue weighted by Gasteiger charge is 2.22. The molecule has 3 N–H and O–H groups in total. The second-order valence-corrected chi connectivity index (χ2v) is 6.55. The fourth-order valence-electron chi connectivity index (χ4n) is 3.39. The highest BCUT2D eigenvalue weighted by molar-refractivity contribution is 6.02. The summed E-state index contributed by atoms with van der Waals surface area (Å²) in [5, 5.41) is 17.1. The molecule has 0 saturated carbocycles. The molecule has 140 valence electrons. The lowest BCUT2D eigenvalue weighted by Gasteiger charge is -2.27. The van der Waals surface area contributed by atoms with E-state index in [0.717, 1.165) is 39.1 Å². The smallest absolute Gasteiger partial charge is 0.267 e. The van der Waals surface area contributed by atoms with Crippen molar-refractivity contribution in [2.45, 2.75) is 19.9 Å². The Morgan fingerprint density at radius 2 is 1.96 bits per heavy atom. The maximum atomic E-state index is 12.8. The van der Waals surface area contributed by atoms with Crippen molar-refractivity contribution in [2.24, 2.45) is 0 Å². The fraction of sp³-hybridized carbons (Fsp3) is 0.474. The maximum Gasteiger partial charge on any atom is 0.267 e. The van der Waals surface area contributed by atoms with Crippen LogP contribution in [0, 0.1) is 0 Å². The molecule has 7 heteroatoms. The maximum absolute atomic E-state index is 12.8. The number of hydrogen-bond acceptors (Lipinski definition) is 5. The van der Waals surface area contributed by atoms with Gasteiger partial charge in [0, 0.05) is 51.2 Å². The molecule has 26 heavy (non-hydrogen) atoms. The van der Waals surface area contributed by atoms with E-state index in [4.69, 9.17) is 0 Å². The third-order valence-electron chi connectivity index (χ3n) is 4.74. The van der Waals surface area contributed by atoms with E-state index >= 15 is 0 Å². The number of nitrogens with one attached hydrogen (secondary N) is 2. The Bertz CT molecular complexity index is 841. The van der Waals surface area contributed by atoms with Crippen LogP contribution < -0.4 is 16.2 Å². The number of carbonyl (C=O) groups excluding carboxylic acids is 1. The summed E-state index contributed by atoms with van der Waals surface area (Å²) in [5.74, 6) is -0.754. The number of amides is 1. The van der Waals surface area contributed by atoms with E-state index in [-0.39, 0.29) is 11.3 Å². The third kappa shape index (κ3) is 3.73. The standard InChI is InChI=1S/C19H26N4O3/c1-2-10-23-15-6-4-3-5-14(15)17(24)16(19(23)26)18(25)21-9-13-22-11-7-20-8-12-22/h3-6,20,24H,2,7-13H2,1H3,(H,21,25). The minimum Gasteiger partial charge on any atom is -0.506 e. The zero-order valence-corrected chi connectivity index (χ0v) is 15.1. The number of benzene rings is 1. The molecule has 0 bridgehead atoms. The van der Waals surface area contributed by atoms with Gasteiger partial charge in [-0.25, -0.2) is 0 Å². The van der Waals surface area contributed by atoms with E-state index in [1.54, 1.807) is 22.8 Å². The van der Waals surface area contributed by atoms with Crippen molar-refractivity contribution in [2.75, 3.05) is 39.3 Å². The van der Waals surface area contributed by atoms with Gasteiger partial charge in [-0.3, -0.25) is 14.5 Å². The number of aromatic hydroxyl groups is 1. The molecule has 0 atom stereocenters. The van der Waals surface area contributed by atoms with Crippen LogP contribution in [0.4, 0.5) is 0 Å². The van der Waals surface area contributed by atoms with Crippen LogP contribution in [0.2, 0.25) is 0 Å². The Kier molecular flexibility index (Phi) is 5.90. The van der Waals surface area contributed by atoms with Gasteiger partial charge in [-0.2, -0.15) is 0 Å². The molecule has 2 aromatic rings. The summed E-state index contributed by atoms with van der Waals surface area (Å²) in [6.07, 6.45) is 0.763. The number of aromatic nitrogens is 1. The van der Waals surface area contributed by atoms with E-state index in [9.17, 15) is 14.7 Å². The molecule has 1 aliphatic heterocycles. The Labute approximate surface area is 152 Å². The average Bonchev–Trinajstić information content (AvgIpc) is 2.66. The zero-order chi connectivity index (χ0) is 18.5. The lowest BCUT2D eigenvalue weighted by Crippen LogP contribution is -2.46. The van der Waals surface area contributed by atoms with E-state index in [0.29, 0.717) is 24.0 Å². The number of para-hydroxylation sites is 1. The van der Waals surface area contributed by atoms with Crippen molar-refractivity contribution in [3.8, 4) is 5.75 Å². The highest BCUT2D eigenvalue weighted by atomic mass is 16.3. The molecule has 0 aliphatic carbocycles. The largest absolute Gasteiger partial charge is 0.506 e. The van der Waals surface area contributed by atoms with Crippen LogP contribution in [-0.4, -0.2) is 59.7 Å². The fourth-order valence-corrected chi connectivity index (χ4v) is 3.39. The van der Waals surface area contributed by atoms with Crippen LogP contribution in [0.25, 0.3) is 10.9 Å². The van der Waals surface area contributed by atoms with Crippen LogP contribution in [0.3, 0.4) is 0 Å². The second-order valence-electron chi connectivity index (χ2n) is 6.55. The lowest BCUT2D eigenvalue weighted by atomic mass is 10.1. The Balaban J connectivity index is 1.84. The molecule has 0 radical (unpaired) electrons.